The van der Waals surface area contributed by atoms with E-state index in [1.807, 2.05) is 6.92 Å². The van der Waals surface area contributed by atoms with Crippen molar-refractivity contribution in [2.75, 3.05) is 26.8 Å². The highest BCUT2D eigenvalue weighted by Crippen LogP contribution is 2.33. The summed E-state index contributed by atoms with van der Waals surface area (Å²) in [5.41, 5.74) is 2.86. The highest BCUT2D eigenvalue weighted by Gasteiger charge is 2.25. The van der Waals surface area contributed by atoms with Gasteiger partial charge in [-0.15, -0.1) is 0 Å². The third kappa shape index (κ3) is 3.55. The van der Waals surface area contributed by atoms with Crippen molar-refractivity contribution in [3.05, 3.63) is 35.4 Å². The van der Waals surface area contributed by atoms with Crippen LogP contribution in [0.2, 0.25) is 0 Å². The first-order valence-electron chi connectivity index (χ1n) is 6.80. The van der Waals surface area contributed by atoms with Gasteiger partial charge in [0.05, 0.1) is 12.6 Å². The summed E-state index contributed by atoms with van der Waals surface area (Å²) in [5, 5.41) is 6.14. The Hall–Kier alpha value is -1.39. The summed E-state index contributed by atoms with van der Waals surface area (Å²) in [6, 6.07) is 8.34. The van der Waals surface area contributed by atoms with Crippen LogP contribution in [0.4, 0.5) is 0 Å². The van der Waals surface area contributed by atoms with E-state index in [1.165, 1.54) is 11.1 Å². The third-order valence-electron chi connectivity index (χ3n) is 3.63. The molecule has 0 saturated carbocycles. The monoisotopic (exact) mass is 262 g/mol. The molecule has 1 aromatic carbocycles. The predicted octanol–water partition coefficient (Wildman–Crippen LogP) is 1.07. The minimum absolute atomic E-state index is 0.0321. The maximum Gasteiger partial charge on any atom is 0.236 e. The SMILES string of the molecule is COCCNC(=O)C(C)NCC1Cc2ccccc21. The average molecular weight is 262 g/mol. The Morgan fingerprint density at radius 2 is 2.26 bits per heavy atom. The molecule has 2 N–H and O–H groups in total. The van der Waals surface area contributed by atoms with Crippen LogP contribution in [-0.4, -0.2) is 38.8 Å². The summed E-state index contributed by atoms with van der Waals surface area (Å²) in [4.78, 5) is 11.8. The van der Waals surface area contributed by atoms with Crippen molar-refractivity contribution in [3.8, 4) is 0 Å². The van der Waals surface area contributed by atoms with Crippen LogP contribution in [0.3, 0.4) is 0 Å². The Bertz CT molecular complexity index is 434. The molecule has 0 bridgehead atoms. The number of hydrogen-bond donors (Lipinski definition) is 2. The molecule has 0 radical (unpaired) electrons. The number of methoxy groups -OCH3 is 1. The molecule has 1 aliphatic carbocycles. The van der Waals surface area contributed by atoms with E-state index in [1.54, 1.807) is 7.11 Å². The maximum atomic E-state index is 11.8. The summed E-state index contributed by atoms with van der Waals surface area (Å²) >= 11 is 0. The minimum atomic E-state index is -0.162. The van der Waals surface area contributed by atoms with Crippen LogP contribution in [0.25, 0.3) is 0 Å². The molecule has 1 aliphatic rings. The van der Waals surface area contributed by atoms with Crippen LogP contribution in [0.1, 0.15) is 24.0 Å². The quantitative estimate of drug-likeness (QED) is 0.723. The van der Waals surface area contributed by atoms with Crippen molar-refractivity contribution in [2.45, 2.75) is 25.3 Å². The molecular weight excluding hydrogens is 240 g/mol. The van der Waals surface area contributed by atoms with Gasteiger partial charge in [-0.05, 0) is 24.5 Å². The lowest BCUT2D eigenvalue weighted by atomic mass is 9.77. The van der Waals surface area contributed by atoms with Crippen molar-refractivity contribution in [3.63, 3.8) is 0 Å². The van der Waals surface area contributed by atoms with Crippen molar-refractivity contribution in [2.24, 2.45) is 0 Å². The average Bonchev–Trinajstić information content (AvgIpc) is 2.39. The fourth-order valence-electron chi connectivity index (χ4n) is 2.39. The van der Waals surface area contributed by atoms with Crippen LogP contribution < -0.4 is 10.6 Å². The topological polar surface area (TPSA) is 50.4 Å². The van der Waals surface area contributed by atoms with E-state index < -0.39 is 0 Å². The molecule has 19 heavy (non-hydrogen) atoms. The number of carbonyl (C=O) groups is 1. The second-order valence-electron chi connectivity index (χ2n) is 5.01. The van der Waals surface area contributed by atoms with Gasteiger partial charge in [0, 0.05) is 26.1 Å². The van der Waals surface area contributed by atoms with Crippen LogP contribution in [0.5, 0.6) is 0 Å². The zero-order chi connectivity index (χ0) is 13.7. The number of hydrogen-bond acceptors (Lipinski definition) is 3. The van der Waals surface area contributed by atoms with Gasteiger partial charge in [-0.1, -0.05) is 24.3 Å². The molecule has 1 aromatic rings. The summed E-state index contributed by atoms with van der Waals surface area (Å²) in [5.74, 6) is 0.579. The first-order chi connectivity index (χ1) is 9.22. The van der Waals surface area contributed by atoms with Crippen LogP contribution in [0, 0.1) is 0 Å². The largest absolute Gasteiger partial charge is 0.383 e. The van der Waals surface area contributed by atoms with Gasteiger partial charge >= 0.3 is 0 Å². The third-order valence-corrected chi connectivity index (χ3v) is 3.63. The standard InChI is InChI=1S/C15H22N2O2/c1-11(15(18)16-7-8-19-2)17-10-13-9-12-5-3-4-6-14(12)13/h3-6,11,13,17H,7-10H2,1-2H3,(H,16,18). The number of nitrogens with one attached hydrogen (secondary N) is 2. The maximum absolute atomic E-state index is 11.8. The first-order valence-corrected chi connectivity index (χ1v) is 6.80. The van der Waals surface area contributed by atoms with Gasteiger partial charge in [0.2, 0.25) is 5.91 Å². The zero-order valence-corrected chi connectivity index (χ0v) is 11.6. The molecule has 2 rings (SSSR count). The summed E-state index contributed by atoms with van der Waals surface area (Å²) in [6.45, 7) is 3.87. The van der Waals surface area contributed by atoms with E-state index in [2.05, 4.69) is 34.9 Å². The highest BCUT2D eigenvalue weighted by molar-refractivity contribution is 5.81. The van der Waals surface area contributed by atoms with E-state index >= 15 is 0 Å². The van der Waals surface area contributed by atoms with Gasteiger partial charge in [0.1, 0.15) is 0 Å². The highest BCUT2D eigenvalue weighted by atomic mass is 16.5. The Labute approximate surface area is 114 Å². The smallest absolute Gasteiger partial charge is 0.236 e. The van der Waals surface area contributed by atoms with Gasteiger partial charge < -0.3 is 15.4 Å². The van der Waals surface area contributed by atoms with Crippen molar-refractivity contribution in [1.29, 1.82) is 0 Å². The number of carbonyl (C=O) groups excluding carboxylic acids is 1. The number of benzene rings is 1. The predicted molar refractivity (Wildman–Crippen MR) is 75.2 cm³/mol. The zero-order valence-electron chi connectivity index (χ0n) is 11.6. The van der Waals surface area contributed by atoms with E-state index in [9.17, 15) is 4.79 Å². The molecule has 0 saturated heterocycles. The number of rotatable bonds is 7. The van der Waals surface area contributed by atoms with E-state index in [0.717, 1.165) is 13.0 Å². The van der Waals surface area contributed by atoms with E-state index in [-0.39, 0.29) is 11.9 Å². The minimum Gasteiger partial charge on any atom is -0.383 e. The van der Waals surface area contributed by atoms with Crippen molar-refractivity contribution in [1.82, 2.24) is 10.6 Å². The lowest BCUT2D eigenvalue weighted by Crippen LogP contribution is -2.45. The lowest BCUT2D eigenvalue weighted by Gasteiger charge is -2.31. The first kappa shape index (κ1) is 14.0. The second kappa shape index (κ2) is 6.68. The number of amides is 1. The van der Waals surface area contributed by atoms with Gasteiger partial charge in [0.25, 0.3) is 0 Å². The van der Waals surface area contributed by atoms with Crippen molar-refractivity contribution < 1.29 is 9.53 Å². The summed E-state index contributed by atoms with van der Waals surface area (Å²) in [7, 11) is 1.63. The fraction of sp³-hybridized carbons (Fsp3) is 0.533. The molecule has 4 heteroatoms. The Morgan fingerprint density at radius 3 is 3.00 bits per heavy atom. The Balaban J connectivity index is 1.70. The molecule has 0 aromatic heterocycles. The van der Waals surface area contributed by atoms with Gasteiger partial charge in [-0.25, -0.2) is 0 Å². The van der Waals surface area contributed by atoms with Crippen molar-refractivity contribution >= 4 is 5.91 Å². The van der Waals surface area contributed by atoms with E-state index in [4.69, 9.17) is 4.74 Å². The normalized spacial score (nSPS) is 18.3. The Morgan fingerprint density at radius 1 is 1.47 bits per heavy atom. The number of fused-ring (bicyclic) bond motifs is 1. The second-order valence-corrected chi connectivity index (χ2v) is 5.01. The van der Waals surface area contributed by atoms with Gasteiger partial charge in [-0.3, -0.25) is 4.79 Å². The summed E-state index contributed by atoms with van der Waals surface area (Å²) in [6.07, 6.45) is 1.11. The fourth-order valence-corrected chi connectivity index (χ4v) is 2.39. The lowest BCUT2D eigenvalue weighted by molar-refractivity contribution is -0.122. The van der Waals surface area contributed by atoms with Gasteiger partial charge in [0.15, 0.2) is 0 Å². The van der Waals surface area contributed by atoms with E-state index in [0.29, 0.717) is 19.1 Å². The molecule has 104 valence electrons. The molecule has 0 fully saturated rings. The Kier molecular flexibility index (Phi) is 4.93. The molecule has 0 heterocycles. The summed E-state index contributed by atoms with van der Waals surface area (Å²) < 4.78 is 4.90. The molecule has 2 atom stereocenters. The van der Waals surface area contributed by atoms with Crippen LogP contribution in [0.15, 0.2) is 24.3 Å². The molecular formula is C15H22N2O2. The molecule has 1 amide bonds. The van der Waals surface area contributed by atoms with Crippen LogP contribution >= 0.6 is 0 Å². The molecule has 2 unspecified atom stereocenters. The molecule has 0 aliphatic heterocycles. The van der Waals surface area contributed by atoms with Gasteiger partial charge in [-0.2, -0.15) is 0 Å². The van der Waals surface area contributed by atoms with Crippen LogP contribution in [-0.2, 0) is 16.0 Å². The molecule has 4 nitrogen and oxygen atoms in total. The number of ether oxygens (including phenoxy) is 1. The molecule has 0 spiro atoms.